The van der Waals surface area contributed by atoms with E-state index in [-0.39, 0.29) is 0 Å². The van der Waals surface area contributed by atoms with Gasteiger partial charge in [-0.1, -0.05) is 24.3 Å². The van der Waals surface area contributed by atoms with E-state index in [2.05, 4.69) is 5.32 Å². The number of hydrogen-bond donors (Lipinski definition) is 3. The minimum Gasteiger partial charge on any atom is -0.493 e. The number of nitrogens with zero attached hydrogens (tertiary/aromatic N) is 1. The molecule has 0 bridgehead atoms. The van der Waals surface area contributed by atoms with Gasteiger partial charge < -0.3 is 15.2 Å². The van der Waals surface area contributed by atoms with Gasteiger partial charge in [0, 0.05) is 17.0 Å². The fourth-order valence-electron chi connectivity index (χ4n) is 2.93. The van der Waals surface area contributed by atoms with Crippen LogP contribution in [-0.4, -0.2) is 31.1 Å². The smallest absolute Gasteiger partial charge is 0.258 e. The molecule has 0 spiro atoms. The van der Waals surface area contributed by atoms with E-state index >= 15 is 0 Å². The van der Waals surface area contributed by atoms with Gasteiger partial charge in [-0.05, 0) is 24.6 Å². The highest BCUT2D eigenvalue weighted by molar-refractivity contribution is 6.12. The Kier molecular flexibility index (Phi) is 4.94. The van der Waals surface area contributed by atoms with Gasteiger partial charge in [0.05, 0.1) is 31.0 Å². The zero-order chi connectivity index (χ0) is 19.6. The average molecular weight is 364 g/mol. The lowest BCUT2D eigenvalue weighted by molar-refractivity contribution is 0.0978. The molecule has 2 aromatic carbocycles. The Balaban J connectivity index is 2.32. The summed E-state index contributed by atoms with van der Waals surface area (Å²) in [5, 5.41) is 10.3. The largest absolute Gasteiger partial charge is 0.493 e. The first-order chi connectivity index (χ1) is 12.9. The Bertz CT molecular complexity index is 1050. The van der Waals surface area contributed by atoms with Gasteiger partial charge in [0.2, 0.25) is 0 Å². The molecular weight excluding hydrogens is 344 g/mol. The van der Waals surface area contributed by atoms with E-state index in [0.717, 1.165) is 11.1 Å². The molecule has 4 N–H and O–H groups in total. The number of nitrogens with one attached hydrogen (secondary N) is 2. The van der Waals surface area contributed by atoms with Crippen molar-refractivity contribution >= 4 is 22.8 Å². The highest BCUT2D eigenvalue weighted by Crippen LogP contribution is 2.35. The Hall–Kier alpha value is -3.61. The fraction of sp³-hybridized carbons (Fsp3) is 0.150. The molecule has 0 aliphatic heterocycles. The number of fused-ring (bicyclic) bond motifs is 1. The van der Waals surface area contributed by atoms with Crippen LogP contribution in [0.4, 0.5) is 0 Å². The molecular formula is C20H20N4O3. The number of pyridine rings is 1. The van der Waals surface area contributed by atoms with Crippen LogP contribution < -0.4 is 20.5 Å². The number of aryl methyl sites for hydroxylation is 1. The number of guanidine groups is 1. The predicted molar refractivity (Wildman–Crippen MR) is 104 cm³/mol. The Morgan fingerprint density at radius 1 is 1.11 bits per heavy atom. The van der Waals surface area contributed by atoms with Gasteiger partial charge >= 0.3 is 0 Å². The highest BCUT2D eigenvalue weighted by atomic mass is 16.5. The molecule has 3 aromatic rings. The molecule has 0 fully saturated rings. The molecule has 0 aliphatic rings. The van der Waals surface area contributed by atoms with Crippen molar-refractivity contribution in [3.63, 3.8) is 0 Å². The van der Waals surface area contributed by atoms with Crippen molar-refractivity contribution < 1.29 is 14.3 Å². The van der Waals surface area contributed by atoms with Crippen molar-refractivity contribution in [3.8, 4) is 22.8 Å². The fourth-order valence-corrected chi connectivity index (χ4v) is 2.93. The summed E-state index contributed by atoms with van der Waals surface area (Å²) in [6.45, 7) is 1.98. The van der Waals surface area contributed by atoms with Gasteiger partial charge in [0.25, 0.3) is 5.91 Å². The predicted octanol–water partition coefficient (Wildman–Crippen LogP) is 2.85. The third-order valence-electron chi connectivity index (χ3n) is 4.23. The number of amides is 1. The summed E-state index contributed by atoms with van der Waals surface area (Å²) in [7, 11) is 3.06. The van der Waals surface area contributed by atoms with Gasteiger partial charge in [-0.15, -0.1) is 0 Å². The number of rotatable bonds is 4. The average Bonchev–Trinajstić information content (AvgIpc) is 2.65. The number of hydrogen-bond acceptors (Lipinski definition) is 5. The second-order valence-electron chi connectivity index (χ2n) is 5.96. The monoisotopic (exact) mass is 364 g/mol. The van der Waals surface area contributed by atoms with Crippen LogP contribution in [0.3, 0.4) is 0 Å². The molecule has 1 aromatic heterocycles. The van der Waals surface area contributed by atoms with Crippen LogP contribution in [0.15, 0.2) is 42.5 Å². The molecule has 0 saturated carbocycles. The Morgan fingerprint density at radius 3 is 2.41 bits per heavy atom. The second-order valence-corrected chi connectivity index (χ2v) is 5.96. The van der Waals surface area contributed by atoms with Crippen LogP contribution in [0, 0.1) is 12.3 Å². The summed E-state index contributed by atoms with van der Waals surface area (Å²) in [5.74, 6) is 0.0736. The molecule has 3 rings (SSSR count). The first kappa shape index (κ1) is 18.2. The summed E-state index contributed by atoms with van der Waals surface area (Å²) >= 11 is 0. The second kappa shape index (κ2) is 7.33. The molecule has 0 aliphatic carbocycles. The first-order valence-corrected chi connectivity index (χ1v) is 8.22. The number of methoxy groups -OCH3 is 2. The minimum atomic E-state index is -0.489. The molecule has 0 unspecified atom stereocenters. The van der Waals surface area contributed by atoms with E-state index in [9.17, 15) is 4.79 Å². The molecule has 7 heteroatoms. The number of carbonyl (C=O) groups is 1. The minimum absolute atomic E-state index is 0.342. The van der Waals surface area contributed by atoms with Crippen molar-refractivity contribution in [2.75, 3.05) is 14.2 Å². The molecule has 0 radical (unpaired) electrons. The van der Waals surface area contributed by atoms with Crippen LogP contribution in [0.1, 0.15) is 15.9 Å². The van der Waals surface area contributed by atoms with E-state index in [0.29, 0.717) is 33.7 Å². The van der Waals surface area contributed by atoms with Crippen molar-refractivity contribution in [2.24, 2.45) is 5.73 Å². The normalized spacial score (nSPS) is 10.5. The van der Waals surface area contributed by atoms with Crippen LogP contribution in [0.2, 0.25) is 0 Å². The van der Waals surface area contributed by atoms with E-state index in [1.165, 1.54) is 14.2 Å². The van der Waals surface area contributed by atoms with E-state index in [4.69, 9.17) is 25.6 Å². The van der Waals surface area contributed by atoms with E-state index < -0.39 is 11.9 Å². The van der Waals surface area contributed by atoms with Gasteiger partial charge in [-0.2, -0.15) is 0 Å². The quantitative estimate of drug-likeness (QED) is 0.487. The summed E-state index contributed by atoms with van der Waals surface area (Å²) < 4.78 is 10.7. The maximum absolute atomic E-state index is 12.7. The van der Waals surface area contributed by atoms with E-state index in [1.54, 1.807) is 18.2 Å². The summed E-state index contributed by atoms with van der Waals surface area (Å²) in [5.41, 5.74) is 8.83. The van der Waals surface area contributed by atoms with Crippen molar-refractivity contribution in [1.29, 1.82) is 5.41 Å². The highest BCUT2D eigenvalue weighted by Gasteiger charge is 2.18. The third kappa shape index (κ3) is 3.52. The standard InChI is InChI=1S/C20H20N4O3/c1-11-6-4-5-7-12(11)15-8-14(19(25)24-20(21)22)13-9-17(26-2)18(27-3)10-16(13)23-15/h4-10H,1-3H3,(H4,21,22,24,25). The van der Waals surface area contributed by atoms with Crippen molar-refractivity contribution in [2.45, 2.75) is 6.92 Å². The maximum atomic E-state index is 12.7. The molecule has 0 saturated heterocycles. The van der Waals surface area contributed by atoms with Crippen molar-refractivity contribution in [1.82, 2.24) is 10.3 Å². The molecule has 1 amide bonds. The van der Waals surface area contributed by atoms with Crippen LogP contribution in [-0.2, 0) is 0 Å². The Morgan fingerprint density at radius 2 is 1.78 bits per heavy atom. The molecule has 1 heterocycles. The summed E-state index contributed by atoms with van der Waals surface area (Å²) in [6.07, 6.45) is 0. The Labute approximate surface area is 156 Å². The number of benzene rings is 2. The number of aromatic nitrogens is 1. The zero-order valence-corrected chi connectivity index (χ0v) is 15.3. The molecule has 138 valence electrons. The lowest BCUT2D eigenvalue weighted by Crippen LogP contribution is -2.35. The van der Waals surface area contributed by atoms with Crippen molar-refractivity contribution in [3.05, 3.63) is 53.6 Å². The van der Waals surface area contributed by atoms with E-state index in [1.807, 2.05) is 31.2 Å². The van der Waals surface area contributed by atoms with Crippen LogP contribution in [0.25, 0.3) is 22.2 Å². The van der Waals surface area contributed by atoms with Crippen LogP contribution in [0.5, 0.6) is 11.5 Å². The number of nitrogens with two attached hydrogens (primary N) is 1. The number of carbonyl (C=O) groups excluding carboxylic acids is 1. The lowest BCUT2D eigenvalue weighted by Gasteiger charge is -2.14. The van der Waals surface area contributed by atoms with Gasteiger partial charge in [-0.25, -0.2) is 4.98 Å². The van der Waals surface area contributed by atoms with Gasteiger partial charge in [0.1, 0.15) is 0 Å². The van der Waals surface area contributed by atoms with Crippen LogP contribution >= 0.6 is 0 Å². The maximum Gasteiger partial charge on any atom is 0.258 e. The third-order valence-corrected chi connectivity index (χ3v) is 4.23. The molecule has 27 heavy (non-hydrogen) atoms. The first-order valence-electron chi connectivity index (χ1n) is 8.22. The van der Waals surface area contributed by atoms with Gasteiger partial charge in [0.15, 0.2) is 17.5 Å². The topological polar surface area (TPSA) is 110 Å². The molecule has 7 nitrogen and oxygen atoms in total. The SMILES string of the molecule is COc1cc2nc(-c3ccccc3C)cc(C(=O)NC(=N)N)c2cc1OC. The van der Waals surface area contributed by atoms with Gasteiger partial charge in [-0.3, -0.25) is 15.5 Å². The lowest BCUT2D eigenvalue weighted by atomic mass is 10.0. The summed E-state index contributed by atoms with van der Waals surface area (Å²) in [4.78, 5) is 17.4. The summed E-state index contributed by atoms with van der Waals surface area (Å²) in [6, 6.07) is 12.9. The number of ether oxygens (including phenoxy) is 2. The zero-order valence-electron chi connectivity index (χ0n) is 15.3. The molecule has 0 atom stereocenters.